The summed E-state index contributed by atoms with van der Waals surface area (Å²) in [7, 11) is 0. The van der Waals surface area contributed by atoms with E-state index in [1.54, 1.807) is 6.92 Å². The van der Waals surface area contributed by atoms with E-state index in [-0.39, 0.29) is 17.8 Å². The largest absolute Gasteiger partial charge is 0.343 e. The van der Waals surface area contributed by atoms with E-state index < -0.39 is 5.06 Å². The summed E-state index contributed by atoms with van der Waals surface area (Å²) in [5.41, 5.74) is 0. The Morgan fingerprint density at radius 2 is 2.10 bits per heavy atom. The Morgan fingerprint density at radius 1 is 1.70 bits per heavy atom. The van der Waals surface area contributed by atoms with E-state index in [0.717, 1.165) is 0 Å². The fourth-order valence-corrected chi connectivity index (χ4v) is 1.23. The number of rotatable bonds is 2. The van der Waals surface area contributed by atoms with E-state index in [2.05, 4.69) is 0 Å². The summed E-state index contributed by atoms with van der Waals surface area (Å²) in [6, 6.07) is 0. The Bertz CT molecular complexity index is 167. The first-order valence-corrected chi connectivity index (χ1v) is 3.77. The zero-order chi connectivity index (χ0) is 7.94. The highest BCUT2D eigenvalue weighted by molar-refractivity contribution is 6.36. The molecule has 58 valence electrons. The summed E-state index contributed by atoms with van der Waals surface area (Å²) in [6.45, 7) is 5.44. The van der Waals surface area contributed by atoms with Crippen LogP contribution in [-0.2, 0) is 9.53 Å². The number of Topliss-reactive ketones (excluding diaryl/α,β-unsaturated/α-hetero) is 1. The quantitative estimate of drug-likeness (QED) is 0.456. The summed E-state index contributed by atoms with van der Waals surface area (Å²) in [5, 5.41) is -0.978. The molecule has 0 unspecified atom stereocenters. The molecule has 0 aromatic heterocycles. The number of hydrogen-bond acceptors (Lipinski definition) is 2. The van der Waals surface area contributed by atoms with Crippen LogP contribution in [0.3, 0.4) is 0 Å². The Balaban J connectivity index is 2.59. The van der Waals surface area contributed by atoms with E-state index >= 15 is 0 Å². The number of alkyl halides is 1. The van der Waals surface area contributed by atoms with Gasteiger partial charge in [-0.15, -0.1) is 0 Å². The second-order valence-electron chi connectivity index (χ2n) is 2.92. The van der Waals surface area contributed by atoms with Crippen molar-refractivity contribution in [1.82, 2.24) is 0 Å². The maximum absolute atomic E-state index is 11.2. The normalized spacial score (nSPS) is 38.3. The Hall–Kier alpha value is -0.0800. The van der Waals surface area contributed by atoms with E-state index in [1.807, 2.05) is 13.8 Å². The summed E-state index contributed by atoms with van der Waals surface area (Å²) < 4.78 is 4.94. The number of carbonyl (C=O) groups excluding carboxylic acids is 1. The topological polar surface area (TPSA) is 29.6 Å². The van der Waals surface area contributed by atoms with Crippen LogP contribution in [0, 0.1) is 5.92 Å². The molecule has 0 aliphatic carbocycles. The molecule has 0 radical (unpaired) electrons. The van der Waals surface area contributed by atoms with Gasteiger partial charge in [-0.3, -0.25) is 4.79 Å². The van der Waals surface area contributed by atoms with Crippen LogP contribution in [0.2, 0.25) is 0 Å². The lowest BCUT2D eigenvalue weighted by molar-refractivity contribution is -0.124. The zero-order valence-electron chi connectivity index (χ0n) is 6.35. The number of carbonyl (C=O) groups is 1. The predicted octanol–water partition coefficient (Wildman–Crippen LogP) is 1.57. The highest BCUT2D eigenvalue weighted by atomic mass is 35.5. The molecule has 3 heteroatoms. The molecular weight excluding hydrogens is 152 g/mol. The highest BCUT2D eigenvalue weighted by Crippen LogP contribution is 2.42. The molecule has 0 spiro atoms. The van der Waals surface area contributed by atoms with Crippen LogP contribution < -0.4 is 0 Å². The molecule has 1 aliphatic heterocycles. The Morgan fingerprint density at radius 3 is 2.20 bits per heavy atom. The minimum absolute atomic E-state index is 0.0123. The maximum atomic E-state index is 11.2. The van der Waals surface area contributed by atoms with Crippen molar-refractivity contribution >= 4 is 17.4 Å². The van der Waals surface area contributed by atoms with Gasteiger partial charge in [0.2, 0.25) is 5.06 Å². The predicted molar refractivity (Wildman–Crippen MR) is 39.0 cm³/mol. The fourth-order valence-electron chi connectivity index (χ4n) is 0.875. The molecule has 2 atom stereocenters. The molecule has 0 N–H and O–H groups in total. The molecule has 10 heavy (non-hydrogen) atoms. The van der Waals surface area contributed by atoms with E-state index in [4.69, 9.17) is 16.3 Å². The summed E-state index contributed by atoms with van der Waals surface area (Å²) in [6.07, 6.45) is -0.107. The molecular formula is C7H11ClO2. The monoisotopic (exact) mass is 162 g/mol. The van der Waals surface area contributed by atoms with Crippen LogP contribution in [0.5, 0.6) is 0 Å². The third-order valence-electron chi connectivity index (χ3n) is 1.67. The number of halogens is 1. The van der Waals surface area contributed by atoms with Crippen LogP contribution in [0.1, 0.15) is 20.8 Å². The van der Waals surface area contributed by atoms with Crippen molar-refractivity contribution in [2.75, 3.05) is 0 Å². The number of hydrogen-bond donors (Lipinski definition) is 0. The van der Waals surface area contributed by atoms with E-state index in [1.165, 1.54) is 0 Å². The molecule has 2 nitrogen and oxygen atoms in total. The van der Waals surface area contributed by atoms with Gasteiger partial charge in [0.15, 0.2) is 5.78 Å². The number of ketones is 1. The summed E-state index contributed by atoms with van der Waals surface area (Å²) >= 11 is 5.77. The molecule has 1 aliphatic rings. The van der Waals surface area contributed by atoms with Gasteiger partial charge < -0.3 is 4.74 Å². The zero-order valence-corrected chi connectivity index (χ0v) is 7.11. The van der Waals surface area contributed by atoms with Gasteiger partial charge >= 0.3 is 0 Å². The lowest BCUT2D eigenvalue weighted by atomic mass is 10.0. The van der Waals surface area contributed by atoms with Crippen LogP contribution in [0.4, 0.5) is 0 Å². The van der Waals surface area contributed by atoms with Crippen molar-refractivity contribution in [3.63, 3.8) is 0 Å². The van der Waals surface area contributed by atoms with Gasteiger partial charge in [-0.25, -0.2) is 0 Å². The molecule has 0 amide bonds. The first-order chi connectivity index (χ1) is 4.48. The van der Waals surface area contributed by atoms with Crippen LogP contribution in [0.15, 0.2) is 0 Å². The third kappa shape index (κ3) is 1.06. The summed E-state index contributed by atoms with van der Waals surface area (Å²) in [5.74, 6) is -0.0517. The highest BCUT2D eigenvalue weighted by Gasteiger charge is 2.58. The van der Waals surface area contributed by atoms with Crippen molar-refractivity contribution in [2.24, 2.45) is 5.92 Å². The molecule has 1 heterocycles. The molecule has 0 aromatic rings. The molecule has 0 bridgehead atoms. The van der Waals surface area contributed by atoms with Crippen molar-refractivity contribution in [1.29, 1.82) is 0 Å². The molecule has 0 aromatic carbocycles. The lowest BCUT2D eigenvalue weighted by Crippen LogP contribution is -2.24. The van der Waals surface area contributed by atoms with Gasteiger partial charge in [-0.2, -0.15) is 0 Å². The van der Waals surface area contributed by atoms with Crippen molar-refractivity contribution in [3.8, 4) is 0 Å². The van der Waals surface area contributed by atoms with Crippen molar-refractivity contribution < 1.29 is 9.53 Å². The van der Waals surface area contributed by atoms with Gasteiger partial charge in [0.05, 0.1) is 0 Å². The SMILES string of the molecule is CC(C)C(=O)[C@]1(Cl)O[C@@H]1C. The van der Waals surface area contributed by atoms with Gasteiger partial charge in [0.25, 0.3) is 0 Å². The summed E-state index contributed by atoms with van der Waals surface area (Å²) in [4.78, 5) is 11.2. The average molecular weight is 163 g/mol. The van der Waals surface area contributed by atoms with Gasteiger partial charge in [0.1, 0.15) is 6.10 Å². The van der Waals surface area contributed by atoms with Crippen LogP contribution in [0.25, 0.3) is 0 Å². The first-order valence-electron chi connectivity index (χ1n) is 3.39. The second kappa shape index (κ2) is 2.21. The number of epoxide rings is 1. The van der Waals surface area contributed by atoms with Crippen molar-refractivity contribution in [3.05, 3.63) is 0 Å². The van der Waals surface area contributed by atoms with E-state index in [9.17, 15) is 4.79 Å². The van der Waals surface area contributed by atoms with E-state index in [0.29, 0.717) is 0 Å². The molecule has 1 saturated heterocycles. The third-order valence-corrected chi connectivity index (χ3v) is 2.26. The second-order valence-corrected chi connectivity index (χ2v) is 3.49. The standard InChI is InChI=1S/C7H11ClO2/c1-4(2)6(9)7(8)5(3)10-7/h4-5H,1-3H3/t5-,7-/m1/s1. The average Bonchev–Trinajstić information content (AvgIpc) is 2.41. The van der Waals surface area contributed by atoms with Crippen molar-refractivity contribution in [2.45, 2.75) is 31.9 Å². The van der Waals surface area contributed by atoms with Gasteiger partial charge in [-0.1, -0.05) is 25.4 Å². The minimum atomic E-state index is -0.978. The number of ether oxygens (including phenoxy) is 1. The Kier molecular flexibility index (Phi) is 1.77. The lowest BCUT2D eigenvalue weighted by Gasteiger charge is -2.04. The Labute approximate surface area is 65.5 Å². The van der Waals surface area contributed by atoms with Crippen LogP contribution in [-0.4, -0.2) is 16.9 Å². The van der Waals surface area contributed by atoms with Gasteiger partial charge in [0, 0.05) is 5.92 Å². The van der Waals surface area contributed by atoms with Gasteiger partial charge in [-0.05, 0) is 6.92 Å². The maximum Gasteiger partial charge on any atom is 0.226 e. The molecule has 1 rings (SSSR count). The molecule has 0 saturated carbocycles. The molecule has 1 fully saturated rings. The smallest absolute Gasteiger partial charge is 0.226 e. The minimum Gasteiger partial charge on any atom is -0.343 e. The fraction of sp³-hybridized carbons (Fsp3) is 0.857. The van der Waals surface area contributed by atoms with Crippen LogP contribution >= 0.6 is 11.6 Å². The first kappa shape index (κ1) is 8.02.